The lowest BCUT2D eigenvalue weighted by molar-refractivity contribution is -0.144. The zero-order valence-electron chi connectivity index (χ0n) is 9.96. The van der Waals surface area contributed by atoms with Crippen molar-refractivity contribution < 1.29 is 19.5 Å². The summed E-state index contributed by atoms with van der Waals surface area (Å²) in [5.74, 6) is -1.49. The number of thiophene rings is 1. The fourth-order valence-electron chi connectivity index (χ4n) is 1.75. The van der Waals surface area contributed by atoms with Gasteiger partial charge in [0.25, 0.3) is 0 Å². The second-order valence-electron chi connectivity index (χ2n) is 4.08. The van der Waals surface area contributed by atoms with Gasteiger partial charge in [0.15, 0.2) is 0 Å². The molecular formula is C11H13N3O4S. The third-order valence-electron chi connectivity index (χ3n) is 2.75. The van der Waals surface area contributed by atoms with Crippen molar-refractivity contribution in [3.05, 3.63) is 22.4 Å². The summed E-state index contributed by atoms with van der Waals surface area (Å²) in [4.78, 5) is 35.3. The molecule has 0 aromatic carbocycles. The first-order valence-electron chi connectivity index (χ1n) is 5.63. The lowest BCUT2D eigenvalue weighted by Gasteiger charge is -2.32. The predicted molar refractivity (Wildman–Crippen MR) is 67.7 cm³/mol. The molecule has 19 heavy (non-hydrogen) atoms. The Hall–Kier alpha value is -2.09. The van der Waals surface area contributed by atoms with Crippen LogP contribution in [0.5, 0.6) is 0 Å². The van der Waals surface area contributed by atoms with Gasteiger partial charge in [-0.1, -0.05) is 0 Å². The van der Waals surface area contributed by atoms with Crippen LogP contribution in [0.1, 0.15) is 5.56 Å². The Balaban J connectivity index is 1.98. The minimum absolute atomic E-state index is 0.0694. The summed E-state index contributed by atoms with van der Waals surface area (Å²) < 4.78 is 0. The van der Waals surface area contributed by atoms with Gasteiger partial charge in [0, 0.05) is 13.1 Å². The van der Waals surface area contributed by atoms with Crippen molar-refractivity contribution in [2.24, 2.45) is 0 Å². The first-order valence-corrected chi connectivity index (χ1v) is 6.57. The van der Waals surface area contributed by atoms with Crippen molar-refractivity contribution >= 4 is 29.2 Å². The van der Waals surface area contributed by atoms with Gasteiger partial charge in [0.05, 0.1) is 0 Å². The lowest BCUT2D eigenvalue weighted by Crippen LogP contribution is -2.61. The van der Waals surface area contributed by atoms with Crippen molar-refractivity contribution in [1.82, 2.24) is 15.5 Å². The van der Waals surface area contributed by atoms with Crippen LogP contribution in [0.3, 0.4) is 0 Å². The topological polar surface area (TPSA) is 98.7 Å². The number of carbonyl (C=O) groups is 3. The van der Waals surface area contributed by atoms with E-state index in [-0.39, 0.29) is 19.0 Å². The molecule has 1 saturated heterocycles. The van der Waals surface area contributed by atoms with Crippen molar-refractivity contribution in [2.45, 2.75) is 12.6 Å². The second-order valence-corrected chi connectivity index (χ2v) is 4.86. The summed E-state index contributed by atoms with van der Waals surface area (Å²) in [5, 5.41) is 17.8. The molecule has 0 saturated carbocycles. The van der Waals surface area contributed by atoms with Crippen LogP contribution in [0.2, 0.25) is 0 Å². The van der Waals surface area contributed by atoms with Gasteiger partial charge in [-0.05, 0) is 22.4 Å². The van der Waals surface area contributed by atoms with Gasteiger partial charge in [-0.2, -0.15) is 11.3 Å². The van der Waals surface area contributed by atoms with Crippen molar-refractivity contribution in [3.63, 3.8) is 0 Å². The summed E-state index contributed by atoms with van der Waals surface area (Å²) in [5.41, 5.74) is 0.937. The first kappa shape index (κ1) is 13.3. The van der Waals surface area contributed by atoms with Crippen molar-refractivity contribution in [2.75, 3.05) is 13.1 Å². The van der Waals surface area contributed by atoms with Crippen LogP contribution in [0.25, 0.3) is 0 Å². The van der Waals surface area contributed by atoms with E-state index in [9.17, 15) is 14.4 Å². The summed E-state index contributed by atoms with van der Waals surface area (Å²) in [6.45, 7) is -0.000728. The quantitative estimate of drug-likeness (QED) is 0.718. The fourth-order valence-corrected chi connectivity index (χ4v) is 2.42. The standard InChI is InChI=1S/C11H13N3O4S/c15-9-5-14(8(4-12-9)10(16)17)11(18)13-3-7-1-2-19-6-7/h1-2,6,8H,3-5H2,(H,12,15)(H,13,18)(H,16,17). The average molecular weight is 283 g/mol. The molecule has 7 nitrogen and oxygen atoms in total. The van der Waals surface area contributed by atoms with Crippen LogP contribution < -0.4 is 10.6 Å². The number of nitrogens with one attached hydrogen (secondary N) is 2. The highest BCUT2D eigenvalue weighted by Crippen LogP contribution is 2.08. The van der Waals surface area contributed by atoms with Crippen LogP contribution in [-0.4, -0.2) is 47.0 Å². The Labute approximate surface area is 113 Å². The van der Waals surface area contributed by atoms with Gasteiger partial charge in [0.2, 0.25) is 5.91 Å². The molecule has 1 aliphatic rings. The summed E-state index contributed by atoms with van der Waals surface area (Å²) in [6.07, 6.45) is 0. The van der Waals surface area contributed by atoms with Crippen LogP contribution in [-0.2, 0) is 16.1 Å². The monoisotopic (exact) mass is 283 g/mol. The maximum Gasteiger partial charge on any atom is 0.328 e. The molecular weight excluding hydrogens is 270 g/mol. The van der Waals surface area contributed by atoms with Crippen LogP contribution >= 0.6 is 11.3 Å². The first-order chi connectivity index (χ1) is 9.08. The summed E-state index contributed by atoms with van der Waals surface area (Å²) >= 11 is 1.51. The van der Waals surface area contributed by atoms with Crippen LogP contribution in [0.15, 0.2) is 16.8 Å². The summed E-state index contributed by atoms with van der Waals surface area (Å²) in [6, 6.07) is 0.288. The van der Waals surface area contributed by atoms with E-state index in [1.54, 1.807) is 0 Å². The molecule has 1 atom stereocenters. The predicted octanol–water partition coefficient (Wildman–Crippen LogP) is -0.157. The number of nitrogens with zero attached hydrogens (tertiary/aromatic N) is 1. The number of hydrogen-bond acceptors (Lipinski definition) is 4. The molecule has 8 heteroatoms. The van der Waals surface area contributed by atoms with Crippen LogP contribution in [0.4, 0.5) is 4.79 Å². The molecule has 0 spiro atoms. The molecule has 1 fully saturated rings. The molecule has 0 aliphatic carbocycles. The van der Waals surface area contributed by atoms with E-state index in [0.29, 0.717) is 6.54 Å². The van der Waals surface area contributed by atoms with E-state index in [0.717, 1.165) is 10.5 Å². The Kier molecular flexibility index (Phi) is 4.00. The zero-order chi connectivity index (χ0) is 13.8. The number of rotatable bonds is 3. The molecule has 0 radical (unpaired) electrons. The largest absolute Gasteiger partial charge is 0.480 e. The Bertz CT molecular complexity index is 488. The van der Waals surface area contributed by atoms with E-state index < -0.39 is 18.0 Å². The average Bonchev–Trinajstić information content (AvgIpc) is 2.88. The van der Waals surface area contributed by atoms with Gasteiger partial charge in [0.1, 0.15) is 12.6 Å². The normalized spacial score (nSPS) is 18.8. The molecule has 2 rings (SSSR count). The zero-order valence-corrected chi connectivity index (χ0v) is 10.8. The van der Waals surface area contributed by atoms with Gasteiger partial charge in [-0.15, -0.1) is 0 Å². The fraction of sp³-hybridized carbons (Fsp3) is 0.364. The van der Waals surface area contributed by atoms with Crippen molar-refractivity contribution in [1.29, 1.82) is 0 Å². The Morgan fingerprint density at radius 2 is 2.37 bits per heavy atom. The van der Waals surface area contributed by atoms with Gasteiger partial charge < -0.3 is 15.7 Å². The van der Waals surface area contributed by atoms with Gasteiger partial charge in [-0.25, -0.2) is 9.59 Å². The summed E-state index contributed by atoms with van der Waals surface area (Å²) in [7, 11) is 0. The van der Waals surface area contributed by atoms with E-state index in [1.165, 1.54) is 11.3 Å². The third kappa shape index (κ3) is 3.22. The molecule has 0 bridgehead atoms. The molecule has 2 heterocycles. The van der Waals surface area contributed by atoms with Crippen molar-refractivity contribution in [3.8, 4) is 0 Å². The number of hydrogen-bond donors (Lipinski definition) is 3. The number of carboxylic acid groups (broad SMARTS) is 1. The number of piperazine rings is 1. The second kappa shape index (κ2) is 5.70. The van der Waals surface area contributed by atoms with E-state index in [1.807, 2.05) is 16.8 Å². The Morgan fingerprint density at radius 3 is 3.00 bits per heavy atom. The third-order valence-corrected chi connectivity index (χ3v) is 3.48. The van der Waals surface area contributed by atoms with Crippen LogP contribution in [0, 0.1) is 0 Å². The molecule has 1 aliphatic heterocycles. The molecule has 1 aromatic heterocycles. The smallest absolute Gasteiger partial charge is 0.328 e. The lowest BCUT2D eigenvalue weighted by atomic mass is 10.2. The minimum atomic E-state index is -1.13. The number of aliphatic carboxylic acids is 1. The van der Waals surface area contributed by atoms with Gasteiger partial charge in [-0.3, -0.25) is 9.69 Å². The van der Waals surface area contributed by atoms with E-state index >= 15 is 0 Å². The molecule has 3 N–H and O–H groups in total. The van der Waals surface area contributed by atoms with E-state index in [2.05, 4.69) is 10.6 Å². The minimum Gasteiger partial charge on any atom is -0.480 e. The van der Waals surface area contributed by atoms with Gasteiger partial charge >= 0.3 is 12.0 Å². The molecule has 1 unspecified atom stereocenters. The highest BCUT2D eigenvalue weighted by Gasteiger charge is 2.35. The van der Waals surface area contributed by atoms with E-state index in [4.69, 9.17) is 5.11 Å². The number of carboxylic acids is 1. The molecule has 3 amide bonds. The maximum atomic E-state index is 11.9. The number of amides is 3. The number of carbonyl (C=O) groups excluding carboxylic acids is 2. The highest BCUT2D eigenvalue weighted by molar-refractivity contribution is 7.07. The maximum absolute atomic E-state index is 11.9. The Morgan fingerprint density at radius 1 is 1.58 bits per heavy atom. The number of urea groups is 1. The highest BCUT2D eigenvalue weighted by atomic mass is 32.1. The SMILES string of the molecule is O=C1CN(C(=O)NCc2ccsc2)C(C(=O)O)CN1. The molecule has 1 aromatic rings. The molecule has 102 valence electrons.